The first kappa shape index (κ1) is 11.5. The second kappa shape index (κ2) is 4.10. The standard InChI is InChI=1S/C10H20N6/c1-10(2,3)16-13-9(12-14-16)8-7-11-5-6-15(8)4/h8,11H,5-7H2,1-4H3. The third-order valence-electron chi connectivity index (χ3n) is 2.84. The topological polar surface area (TPSA) is 58.9 Å². The van der Waals surface area contributed by atoms with Crippen LogP contribution in [0.5, 0.6) is 0 Å². The Labute approximate surface area is 96.0 Å². The molecule has 1 aliphatic rings. The third-order valence-corrected chi connectivity index (χ3v) is 2.84. The number of hydrogen-bond donors (Lipinski definition) is 1. The van der Waals surface area contributed by atoms with Gasteiger partial charge in [-0.25, -0.2) is 0 Å². The fraction of sp³-hybridized carbons (Fsp3) is 0.900. The van der Waals surface area contributed by atoms with Crippen molar-refractivity contribution in [2.75, 3.05) is 26.7 Å². The van der Waals surface area contributed by atoms with E-state index in [9.17, 15) is 0 Å². The molecule has 0 aliphatic carbocycles. The quantitative estimate of drug-likeness (QED) is 0.728. The lowest BCUT2D eigenvalue weighted by atomic mass is 10.1. The van der Waals surface area contributed by atoms with Crippen LogP contribution in [-0.2, 0) is 5.54 Å². The van der Waals surface area contributed by atoms with Gasteiger partial charge in [0.25, 0.3) is 0 Å². The van der Waals surface area contributed by atoms with Crippen molar-refractivity contribution in [2.24, 2.45) is 0 Å². The Hall–Kier alpha value is -1.01. The minimum absolute atomic E-state index is 0.105. The molecule has 1 fully saturated rings. The van der Waals surface area contributed by atoms with Gasteiger partial charge in [0.1, 0.15) is 0 Å². The fourth-order valence-corrected chi connectivity index (χ4v) is 1.74. The van der Waals surface area contributed by atoms with Crippen LogP contribution in [0, 0.1) is 0 Å². The van der Waals surface area contributed by atoms with Crippen LogP contribution in [0.1, 0.15) is 32.6 Å². The summed E-state index contributed by atoms with van der Waals surface area (Å²) in [5.41, 5.74) is -0.105. The van der Waals surface area contributed by atoms with E-state index >= 15 is 0 Å². The van der Waals surface area contributed by atoms with E-state index in [2.05, 4.69) is 53.4 Å². The molecule has 0 aromatic carbocycles. The maximum absolute atomic E-state index is 4.47. The van der Waals surface area contributed by atoms with Crippen LogP contribution >= 0.6 is 0 Å². The normalized spacial score (nSPS) is 23.6. The predicted molar refractivity (Wildman–Crippen MR) is 61.1 cm³/mol. The smallest absolute Gasteiger partial charge is 0.193 e. The van der Waals surface area contributed by atoms with Gasteiger partial charge < -0.3 is 5.32 Å². The van der Waals surface area contributed by atoms with Crippen molar-refractivity contribution in [1.29, 1.82) is 0 Å². The van der Waals surface area contributed by atoms with Crippen molar-refractivity contribution in [3.05, 3.63) is 5.82 Å². The van der Waals surface area contributed by atoms with Crippen LogP contribution in [0.4, 0.5) is 0 Å². The minimum Gasteiger partial charge on any atom is -0.313 e. The zero-order valence-corrected chi connectivity index (χ0v) is 10.4. The number of nitrogens with one attached hydrogen (secondary N) is 1. The third kappa shape index (κ3) is 2.22. The molecule has 2 rings (SSSR count). The highest BCUT2D eigenvalue weighted by Crippen LogP contribution is 2.17. The number of likely N-dealkylation sites (N-methyl/N-ethyl adjacent to an activating group) is 1. The Balaban J connectivity index is 2.18. The second-order valence-electron chi connectivity index (χ2n) is 5.31. The van der Waals surface area contributed by atoms with Crippen molar-refractivity contribution in [3.8, 4) is 0 Å². The molecule has 1 aliphatic heterocycles. The lowest BCUT2D eigenvalue weighted by molar-refractivity contribution is 0.192. The van der Waals surface area contributed by atoms with Gasteiger partial charge in [0.05, 0.1) is 11.6 Å². The maximum atomic E-state index is 4.47. The van der Waals surface area contributed by atoms with Crippen molar-refractivity contribution < 1.29 is 0 Å². The number of piperazine rings is 1. The van der Waals surface area contributed by atoms with E-state index in [1.807, 2.05) is 0 Å². The minimum atomic E-state index is -0.105. The lowest BCUT2D eigenvalue weighted by Gasteiger charge is -2.30. The summed E-state index contributed by atoms with van der Waals surface area (Å²) in [5.74, 6) is 0.810. The Bertz CT molecular complexity index is 352. The largest absolute Gasteiger partial charge is 0.313 e. The molecule has 0 bridgehead atoms. The zero-order valence-electron chi connectivity index (χ0n) is 10.4. The van der Waals surface area contributed by atoms with E-state index in [-0.39, 0.29) is 11.6 Å². The van der Waals surface area contributed by atoms with Gasteiger partial charge in [0, 0.05) is 19.6 Å². The Morgan fingerprint density at radius 2 is 2.12 bits per heavy atom. The molecule has 0 amide bonds. The molecule has 1 unspecified atom stereocenters. The van der Waals surface area contributed by atoms with E-state index in [0.29, 0.717) is 0 Å². The highest BCUT2D eigenvalue weighted by atomic mass is 15.6. The van der Waals surface area contributed by atoms with Crippen molar-refractivity contribution in [1.82, 2.24) is 30.4 Å². The first-order valence-corrected chi connectivity index (χ1v) is 5.70. The molecule has 6 nitrogen and oxygen atoms in total. The van der Waals surface area contributed by atoms with Gasteiger partial charge in [0.15, 0.2) is 5.82 Å². The highest BCUT2D eigenvalue weighted by molar-refractivity contribution is 4.94. The summed E-state index contributed by atoms with van der Waals surface area (Å²) in [6, 6.07) is 0.241. The Morgan fingerprint density at radius 1 is 1.38 bits per heavy atom. The number of nitrogens with zero attached hydrogens (tertiary/aromatic N) is 5. The molecule has 1 aromatic heterocycles. The molecular formula is C10H20N6. The lowest BCUT2D eigenvalue weighted by Crippen LogP contribution is -2.44. The van der Waals surface area contributed by atoms with Crippen molar-refractivity contribution in [2.45, 2.75) is 32.4 Å². The molecule has 6 heteroatoms. The van der Waals surface area contributed by atoms with E-state index < -0.39 is 0 Å². The average molecular weight is 224 g/mol. The van der Waals surface area contributed by atoms with Crippen LogP contribution in [-0.4, -0.2) is 51.8 Å². The number of hydrogen-bond acceptors (Lipinski definition) is 5. The van der Waals surface area contributed by atoms with Crippen LogP contribution in [0.2, 0.25) is 0 Å². The molecule has 16 heavy (non-hydrogen) atoms. The van der Waals surface area contributed by atoms with Gasteiger partial charge in [-0.15, -0.1) is 10.2 Å². The molecule has 0 radical (unpaired) electrons. The Morgan fingerprint density at radius 3 is 2.69 bits per heavy atom. The molecule has 1 N–H and O–H groups in total. The Kier molecular flexibility index (Phi) is 2.94. The summed E-state index contributed by atoms with van der Waals surface area (Å²) in [7, 11) is 2.10. The molecular weight excluding hydrogens is 204 g/mol. The van der Waals surface area contributed by atoms with E-state index in [1.54, 1.807) is 4.80 Å². The van der Waals surface area contributed by atoms with Gasteiger partial charge in [0.2, 0.25) is 0 Å². The summed E-state index contributed by atoms with van der Waals surface area (Å²) in [4.78, 5) is 3.95. The first-order chi connectivity index (χ1) is 7.48. The van der Waals surface area contributed by atoms with Crippen molar-refractivity contribution >= 4 is 0 Å². The maximum Gasteiger partial charge on any atom is 0.193 e. The SMILES string of the molecule is CN1CCNCC1c1nnn(C(C)(C)C)n1. The summed E-state index contributed by atoms with van der Waals surface area (Å²) < 4.78 is 0. The summed E-state index contributed by atoms with van der Waals surface area (Å²) in [6.45, 7) is 9.16. The molecule has 90 valence electrons. The van der Waals surface area contributed by atoms with Crippen LogP contribution in [0.15, 0.2) is 0 Å². The zero-order chi connectivity index (χ0) is 11.8. The average Bonchev–Trinajstić information content (AvgIpc) is 2.66. The molecule has 1 atom stereocenters. The first-order valence-electron chi connectivity index (χ1n) is 5.70. The van der Waals surface area contributed by atoms with Gasteiger partial charge >= 0.3 is 0 Å². The fourth-order valence-electron chi connectivity index (χ4n) is 1.74. The van der Waals surface area contributed by atoms with Crippen LogP contribution < -0.4 is 5.32 Å². The van der Waals surface area contributed by atoms with Gasteiger partial charge in [-0.3, -0.25) is 4.90 Å². The van der Waals surface area contributed by atoms with Gasteiger partial charge in [-0.2, -0.15) is 4.80 Å². The summed E-state index contributed by atoms with van der Waals surface area (Å²) in [5, 5.41) is 16.1. The van der Waals surface area contributed by atoms with Gasteiger partial charge in [-0.05, 0) is 33.0 Å². The number of rotatable bonds is 1. The molecule has 0 spiro atoms. The second-order valence-corrected chi connectivity index (χ2v) is 5.31. The summed E-state index contributed by atoms with van der Waals surface area (Å²) >= 11 is 0. The monoisotopic (exact) mass is 224 g/mol. The molecule has 1 saturated heterocycles. The molecule has 2 heterocycles. The number of tetrazole rings is 1. The van der Waals surface area contributed by atoms with Gasteiger partial charge in [-0.1, -0.05) is 0 Å². The highest BCUT2D eigenvalue weighted by Gasteiger charge is 2.26. The summed E-state index contributed by atoms with van der Waals surface area (Å²) in [6.07, 6.45) is 0. The number of aromatic nitrogens is 4. The molecule has 1 aromatic rings. The van der Waals surface area contributed by atoms with Crippen LogP contribution in [0.3, 0.4) is 0 Å². The van der Waals surface area contributed by atoms with Crippen LogP contribution in [0.25, 0.3) is 0 Å². The van der Waals surface area contributed by atoms with E-state index in [4.69, 9.17) is 0 Å². The van der Waals surface area contributed by atoms with E-state index in [1.165, 1.54) is 0 Å². The predicted octanol–water partition coefficient (Wildman–Crippen LogP) is 0.00420. The molecule has 0 saturated carbocycles. The van der Waals surface area contributed by atoms with Crippen molar-refractivity contribution in [3.63, 3.8) is 0 Å². The van der Waals surface area contributed by atoms with E-state index in [0.717, 1.165) is 25.5 Å².